The van der Waals surface area contributed by atoms with Crippen molar-refractivity contribution in [3.8, 4) is 0 Å². The van der Waals surface area contributed by atoms with Crippen molar-refractivity contribution in [1.82, 2.24) is 15.4 Å². The predicted octanol–water partition coefficient (Wildman–Crippen LogP) is 2.97. The number of hydrazine groups is 1. The molecule has 6 heteroatoms. The fraction of sp³-hybridized carbons (Fsp3) is 0.263. The molecule has 0 bridgehead atoms. The first-order valence-corrected chi connectivity index (χ1v) is 9.13. The molecule has 1 N–H and O–H groups in total. The molecule has 128 valence electrons. The smallest absolute Gasteiger partial charge is 0.201 e. The molecule has 25 heavy (non-hydrogen) atoms. The van der Waals surface area contributed by atoms with Gasteiger partial charge in [-0.1, -0.05) is 72.4 Å². The Labute approximate surface area is 152 Å². The van der Waals surface area contributed by atoms with Crippen molar-refractivity contribution in [3.05, 3.63) is 71.8 Å². The van der Waals surface area contributed by atoms with E-state index in [1.807, 2.05) is 48.5 Å². The van der Waals surface area contributed by atoms with Gasteiger partial charge < -0.3 is 5.43 Å². The molecule has 2 unspecified atom stereocenters. The van der Waals surface area contributed by atoms with Gasteiger partial charge in [-0.2, -0.15) is 10.1 Å². The third kappa shape index (κ3) is 2.62. The van der Waals surface area contributed by atoms with Crippen LogP contribution in [-0.2, 0) is 0 Å². The lowest BCUT2D eigenvalue weighted by molar-refractivity contribution is 0.0134. The SMILES string of the molecule is CC1N=C(c2ccccc2)NN(C)C12SC(c1ccccc1)=NN2C. The molecular formula is C19H21N5S. The van der Waals surface area contributed by atoms with Crippen LogP contribution in [0.1, 0.15) is 18.1 Å². The fourth-order valence-corrected chi connectivity index (χ4v) is 4.62. The lowest BCUT2D eigenvalue weighted by Crippen LogP contribution is -2.66. The first-order valence-electron chi connectivity index (χ1n) is 8.32. The zero-order valence-corrected chi connectivity index (χ0v) is 15.4. The third-order valence-electron chi connectivity index (χ3n) is 4.64. The number of hydrazone groups is 1. The van der Waals surface area contributed by atoms with Crippen molar-refractivity contribution in [2.75, 3.05) is 14.1 Å². The van der Waals surface area contributed by atoms with Crippen LogP contribution in [0.25, 0.3) is 0 Å². The topological polar surface area (TPSA) is 43.2 Å². The maximum absolute atomic E-state index is 4.94. The van der Waals surface area contributed by atoms with Crippen molar-refractivity contribution >= 4 is 22.6 Å². The second kappa shape index (κ2) is 6.20. The van der Waals surface area contributed by atoms with Crippen LogP contribution in [0.4, 0.5) is 0 Å². The van der Waals surface area contributed by atoms with Crippen molar-refractivity contribution in [3.63, 3.8) is 0 Å². The molecule has 2 aromatic carbocycles. The highest BCUT2D eigenvalue weighted by molar-refractivity contribution is 8.15. The van der Waals surface area contributed by atoms with E-state index in [-0.39, 0.29) is 11.0 Å². The number of likely N-dealkylation sites (N-methyl/N-ethyl adjacent to an activating group) is 2. The molecule has 2 aliphatic rings. The molecule has 0 fully saturated rings. The summed E-state index contributed by atoms with van der Waals surface area (Å²) in [5.74, 6) is 0.892. The standard InChI is InChI=1S/C19H21N5S/c1-14-19(23(2)21-17(20-14)15-10-6-4-7-11-15)24(3)22-18(25-19)16-12-8-5-9-13-16/h4-14H,1-3H3,(H,20,21). The molecule has 1 spiro atoms. The summed E-state index contributed by atoms with van der Waals surface area (Å²) in [7, 11) is 4.07. The van der Waals surface area contributed by atoms with Gasteiger partial charge in [-0.05, 0) is 6.92 Å². The number of hydrogen-bond donors (Lipinski definition) is 1. The van der Waals surface area contributed by atoms with Crippen LogP contribution in [0.2, 0.25) is 0 Å². The second-order valence-electron chi connectivity index (χ2n) is 6.25. The van der Waals surface area contributed by atoms with Crippen LogP contribution in [0.15, 0.2) is 70.8 Å². The molecule has 4 rings (SSSR count). The predicted molar refractivity (Wildman–Crippen MR) is 104 cm³/mol. The molecule has 2 heterocycles. The van der Waals surface area contributed by atoms with Crippen LogP contribution in [-0.4, -0.2) is 46.0 Å². The fourth-order valence-electron chi connectivity index (χ4n) is 3.34. The van der Waals surface area contributed by atoms with Gasteiger partial charge in [-0.3, -0.25) is 10.0 Å². The summed E-state index contributed by atoms with van der Waals surface area (Å²) >= 11 is 1.74. The number of aliphatic imine (C=N–C) groups is 1. The summed E-state index contributed by atoms with van der Waals surface area (Å²) in [6.45, 7) is 2.15. The van der Waals surface area contributed by atoms with Crippen molar-refractivity contribution in [2.45, 2.75) is 18.0 Å². The molecule has 0 amide bonds. The Kier molecular flexibility index (Phi) is 4.01. The van der Waals surface area contributed by atoms with Gasteiger partial charge in [0, 0.05) is 25.2 Å². The maximum atomic E-state index is 4.94. The Morgan fingerprint density at radius 2 is 1.56 bits per heavy atom. The van der Waals surface area contributed by atoms with Gasteiger partial charge in [-0.15, -0.1) is 0 Å². The van der Waals surface area contributed by atoms with E-state index < -0.39 is 0 Å². The van der Waals surface area contributed by atoms with Crippen LogP contribution in [0, 0.1) is 0 Å². The normalized spacial score (nSPS) is 26.4. The van der Waals surface area contributed by atoms with E-state index in [1.165, 1.54) is 0 Å². The number of amidine groups is 1. The summed E-state index contributed by atoms with van der Waals surface area (Å²) in [6.07, 6.45) is 0. The van der Waals surface area contributed by atoms with Gasteiger partial charge in [0.25, 0.3) is 0 Å². The lowest BCUT2D eigenvalue weighted by atomic mass is 10.1. The van der Waals surface area contributed by atoms with E-state index in [0.717, 1.165) is 22.0 Å². The molecule has 2 aromatic rings. The highest BCUT2D eigenvalue weighted by atomic mass is 32.2. The van der Waals surface area contributed by atoms with Crippen LogP contribution in [0.5, 0.6) is 0 Å². The molecule has 2 atom stereocenters. The molecule has 0 radical (unpaired) electrons. The second-order valence-corrected chi connectivity index (χ2v) is 7.44. The average molecular weight is 351 g/mol. The average Bonchev–Trinajstić information content (AvgIpc) is 3.00. The Morgan fingerprint density at radius 1 is 0.960 bits per heavy atom. The summed E-state index contributed by atoms with van der Waals surface area (Å²) in [5, 5.41) is 9.95. The number of thioether (sulfide) groups is 1. The molecule has 0 saturated heterocycles. The molecule has 0 saturated carbocycles. The minimum Gasteiger partial charge on any atom is -0.300 e. The highest BCUT2D eigenvalue weighted by Gasteiger charge is 2.52. The van der Waals surface area contributed by atoms with E-state index in [0.29, 0.717) is 0 Å². The van der Waals surface area contributed by atoms with Gasteiger partial charge in [0.2, 0.25) is 4.99 Å². The third-order valence-corrected chi connectivity index (χ3v) is 6.33. The quantitative estimate of drug-likeness (QED) is 0.903. The zero-order valence-electron chi connectivity index (χ0n) is 14.5. The molecule has 0 aliphatic carbocycles. The van der Waals surface area contributed by atoms with Gasteiger partial charge >= 0.3 is 0 Å². The Hall–Kier alpha value is -2.31. The molecular weight excluding hydrogens is 330 g/mol. The van der Waals surface area contributed by atoms with Crippen molar-refractivity contribution < 1.29 is 0 Å². The van der Waals surface area contributed by atoms with Crippen LogP contribution in [0.3, 0.4) is 0 Å². The Morgan fingerprint density at radius 3 is 2.16 bits per heavy atom. The van der Waals surface area contributed by atoms with Gasteiger partial charge in [-0.25, -0.2) is 0 Å². The first kappa shape index (κ1) is 16.2. The monoisotopic (exact) mass is 351 g/mol. The number of rotatable bonds is 2. The van der Waals surface area contributed by atoms with Gasteiger partial charge in [0.1, 0.15) is 10.9 Å². The Bertz CT molecular complexity index is 820. The molecule has 0 aromatic heterocycles. The zero-order chi connectivity index (χ0) is 17.4. The van der Waals surface area contributed by atoms with E-state index in [2.05, 4.69) is 48.7 Å². The first-order chi connectivity index (χ1) is 12.1. The van der Waals surface area contributed by atoms with E-state index in [4.69, 9.17) is 10.1 Å². The van der Waals surface area contributed by atoms with E-state index >= 15 is 0 Å². The number of nitrogens with zero attached hydrogens (tertiary/aromatic N) is 4. The minimum atomic E-state index is -0.385. The Balaban J connectivity index is 1.66. The van der Waals surface area contributed by atoms with Gasteiger partial charge in [0.15, 0.2) is 0 Å². The van der Waals surface area contributed by atoms with Crippen LogP contribution < -0.4 is 5.43 Å². The van der Waals surface area contributed by atoms with Crippen LogP contribution >= 0.6 is 11.8 Å². The minimum absolute atomic E-state index is 0.0360. The summed E-state index contributed by atoms with van der Waals surface area (Å²) in [6, 6.07) is 20.6. The van der Waals surface area contributed by atoms with Crippen molar-refractivity contribution in [2.24, 2.45) is 10.1 Å². The lowest BCUT2D eigenvalue weighted by Gasteiger charge is -2.47. The summed E-state index contributed by atoms with van der Waals surface area (Å²) < 4.78 is 0. The van der Waals surface area contributed by atoms with E-state index in [9.17, 15) is 0 Å². The highest BCUT2D eigenvalue weighted by Crippen LogP contribution is 2.44. The summed E-state index contributed by atoms with van der Waals surface area (Å²) in [5.41, 5.74) is 5.67. The number of nitrogens with one attached hydrogen (secondary N) is 1. The largest absolute Gasteiger partial charge is 0.300 e. The summed E-state index contributed by atoms with van der Waals surface area (Å²) in [4.78, 5) is 4.56. The maximum Gasteiger partial charge on any atom is 0.201 e. The molecule has 2 aliphatic heterocycles. The number of benzene rings is 2. The number of hydrogen-bond acceptors (Lipinski definition) is 6. The van der Waals surface area contributed by atoms with Crippen molar-refractivity contribution in [1.29, 1.82) is 0 Å². The molecule has 5 nitrogen and oxygen atoms in total. The van der Waals surface area contributed by atoms with Gasteiger partial charge in [0.05, 0.1) is 6.04 Å². The van der Waals surface area contributed by atoms with E-state index in [1.54, 1.807) is 11.8 Å².